The van der Waals surface area contributed by atoms with E-state index >= 15 is 0 Å². The lowest BCUT2D eigenvalue weighted by molar-refractivity contribution is 0.241. The third kappa shape index (κ3) is 2.91. The van der Waals surface area contributed by atoms with Crippen molar-refractivity contribution in [3.05, 3.63) is 16.5 Å². The fraction of sp³-hybridized carbons (Fsp3) is 0.636. The van der Waals surface area contributed by atoms with Crippen molar-refractivity contribution in [2.45, 2.75) is 32.6 Å². The van der Waals surface area contributed by atoms with Gasteiger partial charge in [0.2, 0.25) is 5.88 Å². The van der Waals surface area contributed by atoms with Crippen molar-refractivity contribution in [2.24, 2.45) is 5.92 Å². The number of nitrogens with zero attached hydrogens (tertiary/aromatic N) is 2. The molecular weight excluding hydrogens is 256 g/mol. The van der Waals surface area contributed by atoms with Gasteiger partial charge in [-0.05, 0) is 41.6 Å². The minimum atomic E-state index is 0.675. The van der Waals surface area contributed by atoms with Gasteiger partial charge < -0.3 is 4.74 Å². The third-order valence-corrected chi connectivity index (χ3v) is 3.31. The molecule has 1 aromatic heterocycles. The first kappa shape index (κ1) is 10.9. The molecule has 1 aliphatic carbocycles. The molecule has 0 aromatic carbocycles. The van der Waals surface area contributed by atoms with Crippen LogP contribution in [0.3, 0.4) is 0 Å². The van der Waals surface area contributed by atoms with Crippen LogP contribution in [-0.4, -0.2) is 16.6 Å². The van der Waals surface area contributed by atoms with E-state index in [0.717, 1.165) is 16.9 Å². The maximum absolute atomic E-state index is 5.70. The van der Waals surface area contributed by atoms with E-state index in [0.29, 0.717) is 11.8 Å². The normalized spacial score (nSPS) is 16.9. The van der Waals surface area contributed by atoms with Crippen LogP contribution >= 0.6 is 15.9 Å². The minimum absolute atomic E-state index is 0.675. The molecule has 0 N–H and O–H groups in total. The second-order valence-corrected chi connectivity index (χ2v) is 4.89. The Bertz CT molecular complexity index is 337. The van der Waals surface area contributed by atoms with Gasteiger partial charge in [0.05, 0.1) is 11.1 Å². The minimum Gasteiger partial charge on any atom is -0.476 e. The van der Waals surface area contributed by atoms with Crippen molar-refractivity contribution in [1.29, 1.82) is 0 Å². The molecule has 1 saturated carbocycles. The van der Waals surface area contributed by atoms with Crippen molar-refractivity contribution < 1.29 is 4.74 Å². The molecule has 0 bridgehead atoms. The van der Waals surface area contributed by atoms with Gasteiger partial charge in [0.25, 0.3) is 0 Å². The predicted octanol–water partition coefficient (Wildman–Crippen LogP) is 3.12. The summed E-state index contributed by atoms with van der Waals surface area (Å²) < 4.78 is 6.54. The molecule has 0 amide bonds. The fourth-order valence-corrected chi connectivity index (χ4v) is 2.22. The lowest BCUT2D eigenvalue weighted by Crippen LogP contribution is -2.09. The monoisotopic (exact) mass is 270 g/mol. The number of ether oxygens (including phenoxy) is 1. The van der Waals surface area contributed by atoms with E-state index in [2.05, 4.69) is 25.9 Å². The molecule has 0 radical (unpaired) electrons. The van der Waals surface area contributed by atoms with E-state index in [1.54, 1.807) is 6.20 Å². The van der Waals surface area contributed by atoms with Crippen molar-refractivity contribution in [1.82, 2.24) is 9.97 Å². The van der Waals surface area contributed by atoms with E-state index in [4.69, 9.17) is 4.74 Å². The van der Waals surface area contributed by atoms with Crippen LogP contribution in [0.15, 0.2) is 10.7 Å². The lowest BCUT2D eigenvalue weighted by Gasteiger charge is -2.11. The van der Waals surface area contributed by atoms with Gasteiger partial charge in [0.15, 0.2) is 0 Å². The maximum atomic E-state index is 5.70. The molecule has 1 heterocycles. The summed E-state index contributed by atoms with van der Waals surface area (Å²) in [4.78, 5) is 8.33. The highest BCUT2D eigenvalue weighted by Crippen LogP contribution is 2.27. The zero-order chi connectivity index (χ0) is 10.7. The highest BCUT2D eigenvalue weighted by Gasteiger charge is 2.16. The summed E-state index contributed by atoms with van der Waals surface area (Å²) in [7, 11) is 0. The molecule has 1 aliphatic rings. The second kappa shape index (κ2) is 4.92. The molecule has 0 unspecified atom stereocenters. The zero-order valence-corrected chi connectivity index (χ0v) is 10.5. The topological polar surface area (TPSA) is 35.0 Å². The maximum Gasteiger partial charge on any atom is 0.231 e. The van der Waals surface area contributed by atoms with Crippen molar-refractivity contribution in [3.63, 3.8) is 0 Å². The Kier molecular flexibility index (Phi) is 3.57. The van der Waals surface area contributed by atoms with Gasteiger partial charge in [0, 0.05) is 6.20 Å². The Morgan fingerprint density at radius 2 is 2.20 bits per heavy atom. The molecule has 15 heavy (non-hydrogen) atoms. The molecule has 1 fully saturated rings. The molecule has 0 saturated heterocycles. The van der Waals surface area contributed by atoms with Gasteiger partial charge in [-0.1, -0.05) is 12.8 Å². The number of aryl methyl sites for hydroxylation is 1. The highest BCUT2D eigenvalue weighted by molar-refractivity contribution is 9.10. The standard InChI is InChI=1S/C11H15BrN2O/c1-8-13-6-10(12)11(14-8)15-7-9-4-2-3-5-9/h6,9H,2-5,7H2,1H3. The van der Waals surface area contributed by atoms with E-state index < -0.39 is 0 Å². The van der Waals surface area contributed by atoms with Crippen LogP contribution < -0.4 is 4.74 Å². The first-order chi connectivity index (χ1) is 7.25. The van der Waals surface area contributed by atoms with Gasteiger partial charge in [-0.25, -0.2) is 4.98 Å². The Morgan fingerprint density at radius 3 is 2.93 bits per heavy atom. The average molecular weight is 271 g/mol. The Labute approximate surface area is 98.4 Å². The number of hydrogen-bond acceptors (Lipinski definition) is 3. The summed E-state index contributed by atoms with van der Waals surface area (Å²) in [5, 5.41) is 0. The van der Waals surface area contributed by atoms with Crippen LogP contribution in [0.1, 0.15) is 31.5 Å². The predicted molar refractivity (Wildman–Crippen MR) is 61.9 cm³/mol. The fourth-order valence-electron chi connectivity index (χ4n) is 1.91. The highest BCUT2D eigenvalue weighted by atomic mass is 79.9. The number of hydrogen-bond donors (Lipinski definition) is 0. The van der Waals surface area contributed by atoms with Crippen molar-refractivity contribution >= 4 is 15.9 Å². The summed E-state index contributed by atoms with van der Waals surface area (Å²) in [5.41, 5.74) is 0. The quantitative estimate of drug-likeness (QED) is 0.847. The van der Waals surface area contributed by atoms with Gasteiger partial charge in [-0.3, -0.25) is 0 Å². The van der Waals surface area contributed by atoms with Gasteiger partial charge in [-0.2, -0.15) is 4.98 Å². The molecule has 0 aliphatic heterocycles. The Hall–Kier alpha value is -0.640. The second-order valence-electron chi connectivity index (χ2n) is 4.03. The smallest absolute Gasteiger partial charge is 0.231 e. The van der Waals surface area contributed by atoms with E-state index in [1.165, 1.54) is 25.7 Å². The largest absolute Gasteiger partial charge is 0.476 e. The molecule has 82 valence electrons. The molecule has 0 spiro atoms. The SMILES string of the molecule is Cc1ncc(Br)c(OCC2CCCC2)n1. The molecule has 0 atom stereocenters. The average Bonchev–Trinajstić information content (AvgIpc) is 2.72. The van der Waals surface area contributed by atoms with E-state index in [-0.39, 0.29) is 0 Å². The molecule has 4 heteroatoms. The van der Waals surface area contributed by atoms with Crippen LogP contribution in [0.2, 0.25) is 0 Å². The summed E-state index contributed by atoms with van der Waals surface area (Å²) >= 11 is 3.39. The lowest BCUT2D eigenvalue weighted by atomic mass is 10.1. The number of halogens is 1. The van der Waals surface area contributed by atoms with Crippen LogP contribution in [-0.2, 0) is 0 Å². The van der Waals surface area contributed by atoms with Gasteiger partial charge in [-0.15, -0.1) is 0 Å². The van der Waals surface area contributed by atoms with Gasteiger partial charge in [0.1, 0.15) is 5.82 Å². The van der Waals surface area contributed by atoms with Gasteiger partial charge >= 0.3 is 0 Å². The van der Waals surface area contributed by atoms with Crippen molar-refractivity contribution in [2.75, 3.05) is 6.61 Å². The molecule has 1 aromatic rings. The molecule has 2 rings (SSSR count). The summed E-state index contributed by atoms with van der Waals surface area (Å²) in [6.07, 6.45) is 7.02. The Morgan fingerprint density at radius 1 is 1.47 bits per heavy atom. The van der Waals surface area contributed by atoms with Crippen LogP contribution in [0, 0.1) is 12.8 Å². The van der Waals surface area contributed by atoms with Crippen LogP contribution in [0.25, 0.3) is 0 Å². The molecular formula is C11H15BrN2O. The number of rotatable bonds is 3. The summed E-state index contributed by atoms with van der Waals surface area (Å²) in [6.45, 7) is 2.66. The van der Waals surface area contributed by atoms with E-state index in [9.17, 15) is 0 Å². The third-order valence-electron chi connectivity index (χ3n) is 2.76. The molecule has 3 nitrogen and oxygen atoms in total. The Balaban J connectivity index is 1.94. The number of aromatic nitrogens is 2. The summed E-state index contributed by atoms with van der Waals surface area (Å²) in [6, 6.07) is 0. The van der Waals surface area contributed by atoms with Crippen molar-refractivity contribution in [3.8, 4) is 5.88 Å². The van der Waals surface area contributed by atoms with E-state index in [1.807, 2.05) is 6.92 Å². The first-order valence-corrected chi connectivity index (χ1v) is 6.17. The zero-order valence-electron chi connectivity index (χ0n) is 8.87. The van der Waals surface area contributed by atoms with Crippen LogP contribution in [0.4, 0.5) is 0 Å². The van der Waals surface area contributed by atoms with Crippen LogP contribution in [0.5, 0.6) is 5.88 Å². The summed E-state index contributed by atoms with van der Waals surface area (Å²) in [5.74, 6) is 2.14. The first-order valence-electron chi connectivity index (χ1n) is 5.37.